The van der Waals surface area contributed by atoms with Crippen molar-refractivity contribution in [3.05, 3.63) is 64.1 Å². The molecule has 0 radical (unpaired) electrons. The molecule has 0 saturated carbocycles. The van der Waals surface area contributed by atoms with E-state index in [1.54, 1.807) is 6.20 Å². The Bertz CT molecular complexity index is 977. The van der Waals surface area contributed by atoms with E-state index in [-0.39, 0.29) is 0 Å². The molecule has 0 aliphatic carbocycles. The number of hydrogen-bond acceptors (Lipinski definition) is 3. The molecule has 2 aromatic heterocycles. The summed E-state index contributed by atoms with van der Waals surface area (Å²) in [6.45, 7) is 6.32. The average molecular weight is 370 g/mol. The van der Waals surface area contributed by atoms with Crippen LogP contribution in [0.3, 0.4) is 0 Å². The van der Waals surface area contributed by atoms with Crippen molar-refractivity contribution in [2.75, 3.05) is 13.6 Å². The number of nitrogens with zero attached hydrogens (tertiary/aromatic N) is 3. The molecule has 0 fully saturated rings. The maximum Gasteiger partial charge on any atom is 0.105 e. The third kappa shape index (κ3) is 2.92. The van der Waals surface area contributed by atoms with Crippen LogP contribution in [0, 0.1) is 6.92 Å². The first kappa shape index (κ1) is 17.5. The minimum atomic E-state index is -0.976. The van der Waals surface area contributed by atoms with E-state index in [4.69, 9.17) is 11.6 Å². The topological polar surface area (TPSA) is 41.3 Å². The van der Waals surface area contributed by atoms with E-state index in [2.05, 4.69) is 33.6 Å². The lowest BCUT2D eigenvalue weighted by Gasteiger charge is -2.29. The van der Waals surface area contributed by atoms with Gasteiger partial charge in [0.25, 0.3) is 0 Å². The second-order valence-electron chi connectivity index (χ2n) is 7.63. The molecule has 1 unspecified atom stereocenters. The summed E-state index contributed by atoms with van der Waals surface area (Å²) in [6, 6.07) is 7.98. The van der Waals surface area contributed by atoms with Gasteiger partial charge in [0, 0.05) is 53.5 Å². The lowest BCUT2D eigenvalue weighted by molar-refractivity contribution is 0.0378. The van der Waals surface area contributed by atoms with Gasteiger partial charge in [0.05, 0.1) is 6.54 Å². The number of pyridine rings is 1. The SMILES string of the molecule is Cc1cnccc1C(C)(O)Cn1c2c(c3cc(Cl)ccc31)CN(C)CC2. The molecular weight excluding hydrogens is 346 g/mol. The Labute approximate surface area is 159 Å². The van der Waals surface area contributed by atoms with E-state index in [1.807, 2.05) is 32.2 Å². The van der Waals surface area contributed by atoms with Crippen molar-refractivity contribution in [3.63, 3.8) is 0 Å². The Morgan fingerprint density at radius 1 is 1.31 bits per heavy atom. The molecule has 1 atom stereocenters. The van der Waals surface area contributed by atoms with Crippen molar-refractivity contribution >= 4 is 22.5 Å². The van der Waals surface area contributed by atoms with Crippen molar-refractivity contribution in [3.8, 4) is 0 Å². The predicted octanol–water partition coefficient (Wildman–Crippen LogP) is 3.89. The fourth-order valence-corrected chi connectivity index (χ4v) is 4.38. The largest absolute Gasteiger partial charge is 0.384 e. The van der Waals surface area contributed by atoms with Crippen molar-refractivity contribution < 1.29 is 5.11 Å². The predicted molar refractivity (Wildman–Crippen MR) is 106 cm³/mol. The summed E-state index contributed by atoms with van der Waals surface area (Å²) < 4.78 is 2.29. The maximum absolute atomic E-state index is 11.3. The van der Waals surface area contributed by atoms with Gasteiger partial charge in [-0.3, -0.25) is 4.98 Å². The highest BCUT2D eigenvalue weighted by Crippen LogP contribution is 2.35. The number of rotatable bonds is 3. The summed E-state index contributed by atoms with van der Waals surface area (Å²) in [5, 5.41) is 13.3. The molecule has 4 rings (SSSR count). The van der Waals surface area contributed by atoms with E-state index in [0.29, 0.717) is 6.54 Å². The van der Waals surface area contributed by atoms with Crippen LogP contribution < -0.4 is 0 Å². The van der Waals surface area contributed by atoms with Gasteiger partial charge < -0.3 is 14.6 Å². The van der Waals surface area contributed by atoms with Gasteiger partial charge in [0.1, 0.15) is 5.60 Å². The zero-order valence-corrected chi connectivity index (χ0v) is 16.2. The van der Waals surface area contributed by atoms with E-state index in [1.165, 1.54) is 16.6 Å². The van der Waals surface area contributed by atoms with Crippen LogP contribution in [0.25, 0.3) is 10.9 Å². The molecule has 0 bridgehead atoms. The van der Waals surface area contributed by atoms with Crippen LogP contribution in [-0.2, 0) is 25.1 Å². The molecule has 136 valence electrons. The van der Waals surface area contributed by atoms with Crippen LogP contribution in [0.15, 0.2) is 36.7 Å². The zero-order chi connectivity index (χ0) is 18.5. The molecule has 1 aliphatic rings. The van der Waals surface area contributed by atoms with Gasteiger partial charge in [-0.1, -0.05) is 11.6 Å². The fraction of sp³-hybridized carbons (Fsp3) is 0.381. The molecule has 1 N–H and O–H groups in total. The summed E-state index contributed by atoms with van der Waals surface area (Å²) in [5.74, 6) is 0. The Balaban J connectivity index is 1.86. The number of aryl methyl sites for hydroxylation is 1. The number of fused-ring (bicyclic) bond motifs is 3. The monoisotopic (exact) mass is 369 g/mol. The van der Waals surface area contributed by atoms with Crippen molar-refractivity contribution in [1.29, 1.82) is 0 Å². The number of aromatic nitrogens is 2. The van der Waals surface area contributed by atoms with Gasteiger partial charge in [0.2, 0.25) is 0 Å². The van der Waals surface area contributed by atoms with E-state index in [0.717, 1.165) is 41.2 Å². The molecule has 0 spiro atoms. The van der Waals surface area contributed by atoms with Crippen LogP contribution in [0.5, 0.6) is 0 Å². The summed E-state index contributed by atoms with van der Waals surface area (Å²) in [6.07, 6.45) is 4.53. The highest BCUT2D eigenvalue weighted by Gasteiger charge is 2.30. The Morgan fingerprint density at radius 3 is 2.88 bits per heavy atom. The minimum Gasteiger partial charge on any atom is -0.384 e. The maximum atomic E-state index is 11.3. The molecule has 0 amide bonds. The standard InChI is InChI=1S/C21H24ClN3O/c1-14-11-23-8-6-18(14)21(2,26)13-25-19-5-4-15(22)10-16(19)17-12-24(3)9-7-20(17)25/h4-6,8,10-11,26H,7,9,12-13H2,1-3H3. The summed E-state index contributed by atoms with van der Waals surface area (Å²) in [7, 11) is 2.15. The first-order valence-electron chi connectivity index (χ1n) is 8.98. The summed E-state index contributed by atoms with van der Waals surface area (Å²) >= 11 is 6.28. The van der Waals surface area contributed by atoms with Crippen LogP contribution in [0.1, 0.15) is 29.3 Å². The summed E-state index contributed by atoms with van der Waals surface area (Å²) in [4.78, 5) is 6.49. The molecule has 26 heavy (non-hydrogen) atoms. The first-order valence-corrected chi connectivity index (χ1v) is 9.36. The molecule has 5 heteroatoms. The van der Waals surface area contributed by atoms with Gasteiger partial charge in [-0.15, -0.1) is 0 Å². The second kappa shape index (κ2) is 6.38. The highest BCUT2D eigenvalue weighted by molar-refractivity contribution is 6.31. The molecule has 1 aliphatic heterocycles. The number of likely N-dealkylation sites (N-methyl/N-ethyl adjacent to an activating group) is 1. The third-order valence-electron chi connectivity index (χ3n) is 5.47. The second-order valence-corrected chi connectivity index (χ2v) is 8.06. The Kier molecular flexibility index (Phi) is 4.30. The van der Waals surface area contributed by atoms with Gasteiger partial charge >= 0.3 is 0 Å². The average Bonchev–Trinajstić information content (AvgIpc) is 2.87. The number of halogens is 1. The normalized spacial score (nSPS) is 17.3. The van der Waals surface area contributed by atoms with Crippen LogP contribution in [-0.4, -0.2) is 33.1 Å². The number of aliphatic hydroxyl groups is 1. The van der Waals surface area contributed by atoms with Crippen molar-refractivity contribution in [1.82, 2.24) is 14.5 Å². The number of hydrogen-bond donors (Lipinski definition) is 1. The first-order chi connectivity index (χ1) is 12.4. The molecule has 3 aromatic rings. The van der Waals surface area contributed by atoms with Gasteiger partial charge in [-0.2, -0.15) is 0 Å². The van der Waals surface area contributed by atoms with Gasteiger partial charge in [0.15, 0.2) is 0 Å². The third-order valence-corrected chi connectivity index (χ3v) is 5.71. The smallest absolute Gasteiger partial charge is 0.105 e. The molecular formula is C21H24ClN3O. The number of benzene rings is 1. The van der Waals surface area contributed by atoms with Crippen molar-refractivity contribution in [2.45, 2.75) is 39.0 Å². The van der Waals surface area contributed by atoms with Crippen molar-refractivity contribution in [2.24, 2.45) is 0 Å². The molecule has 3 heterocycles. The molecule has 4 nitrogen and oxygen atoms in total. The lowest BCUT2D eigenvalue weighted by atomic mass is 9.93. The van der Waals surface area contributed by atoms with Crippen LogP contribution >= 0.6 is 11.6 Å². The van der Waals surface area contributed by atoms with E-state index in [9.17, 15) is 5.11 Å². The quantitative estimate of drug-likeness (QED) is 0.761. The van der Waals surface area contributed by atoms with Gasteiger partial charge in [-0.25, -0.2) is 0 Å². The molecule has 1 aromatic carbocycles. The minimum absolute atomic E-state index is 0.509. The Morgan fingerprint density at radius 2 is 2.12 bits per heavy atom. The van der Waals surface area contributed by atoms with Crippen LogP contribution in [0.4, 0.5) is 0 Å². The highest BCUT2D eigenvalue weighted by atomic mass is 35.5. The van der Waals surface area contributed by atoms with Gasteiger partial charge in [-0.05, 0) is 61.9 Å². The van der Waals surface area contributed by atoms with E-state index < -0.39 is 5.60 Å². The Hall–Kier alpha value is -1.88. The zero-order valence-electron chi connectivity index (χ0n) is 15.5. The lowest BCUT2D eigenvalue weighted by Crippen LogP contribution is -2.32. The molecule has 0 saturated heterocycles. The summed E-state index contributed by atoms with van der Waals surface area (Å²) in [5.41, 5.74) is 4.73. The van der Waals surface area contributed by atoms with Crippen LogP contribution in [0.2, 0.25) is 5.02 Å². The van der Waals surface area contributed by atoms with E-state index >= 15 is 0 Å². The fourth-order valence-electron chi connectivity index (χ4n) is 4.21.